The number of methoxy groups -OCH3 is 2. The van der Waals surface area contributed by atoms with Crippen molar-refractivity contribution in [3.05, 3.63) is 41.7 Å². The van der Waals surface area contributed by atoms with Gasteiger partial charge in [0.15, 0.2) is 17.4 Å². The highest BCUT2D eigenvalue weighted by molar-refractivity contribution is 5.89. The molecule has 1 fully saturated rings. The minimum absolute atomic E-state index is 0.226. The first-order valence-electron chi connectivity index (χ1n) is 8.51. The first-order chi connectivity index (χ1) is 12.6. The van der Waals surface area contributed by atoms with Crippen molar-refractivity contribution in [2.24, 2.45) is 0 Å². The van der Waals surface area contributed by atoms with Crippen LogP contribution in [0.5, 0.6) is 11.5 Å². The molecular formula is C20H22N2O4. The van der Waals surface area contributed by atoms with Crippen LogP contribution in [0.3, 0.4) is 0 Å². The molecule has 6 nitrogen and oxygen atoms in total. The molecule has 1 aromatic carbocycles. The van der Waals surface area contributed by atoms with E-state index in [0.717, 1.165) is 37.4 Å². The molecule has 0 amide bonds. The van der Waals surface area contributed by atoms with Crippen molar-refractivity contribution in [3.8, 4) is 17.6 Å². The second kappa shape index (κ2) is 7.98. The third kappa shape index (κ3) is 3.84. The minimum Gasteiger partial charge on any atom is -0.493 e. The van der Waals surface area contributed by atoms with E-state index in [1.54, 1.807) is 32.4 Å². The number of aliphatic hydroxyl groups is 1. The lowest BCUT2D eigenvalue weighted by atomic mass is 10.1. The quantitative estimate of drug-likeness (QED) is 0.830. The lowest BCUT2D eigenvalue weighted by molar-refractivity contribution is 0.144. The SMILES string of the molecule is COc1ccc(/C(C#N)=C/c2ccc(N3CCC(O)CC3)o2)cc1OC. The number of anilines is 1. The lowest BCUT2D eigenvalue weighted by Crippen LogP contribution is -2.35. The van der Waals surface area contributed by atoms with Crippen molar-refractivity contribution in [3.63, 3.8) is 0 Å². The molecule has 0 atom stereocenters. The van der Waals surface area contributed by atoms with Gasteiger partial charge in [0.25, 0.3) is 0 Å². The number of aliphatic hydroxyl groups excluding tert-OH is 1. The molecule has 2 aromatic rings. The Labute approximate surface area is 152 Å². The van der Waals surface area contributed by atoms with Crippen molar-refractivity contribution in [1.29, 1.82) is 5.26 Å². The zero-order chi connectivity index (χ0) is 18.5. The van der Waals surface area contributed by atoms with Crippen LogP contribution in [0.25, 0.3) is 11.6 Å². The molecule has 2 heterocycles. The molecule has 0 radical (unpaired) electrons. The molecule has 0 unspecified atom stereocenters. The van der Waals surface area contributed by atoms with Gasteiger partial charge in [0.2, 0.25) is 0 Å². The molecule has 136 valence electrons. The topological polar surface area (TPSA) is 78.9 Å². The summed E-state index contributed by atoms with van der Waals surface area (Å²) in [4.78, 5) is 2.10. The number of allylic oxidation sites excluding steroid dienone is 1. The van der Waals surface area contributed by atoms with Crippen LogP contribution in [0.2, 0.25) is 0 Å². The van der Waals surface area contributed by atoms with Crippen molar-refractivity contribution < 1.29 is 19.0 Å². The first kappa shape index (κ1) is 17.9. The summed E-state index contributed by atoms with van der Waals surface area (Å²) in [5, 5.41) is 19.2. The van der Waals surface area contributed by atoms with Crippen molar-refractivity contribution >= 4 is 17.5 Å². The number of ether oxygens (including phenoxy) is 2. The second-order valence-electron chi connectivity index (χ2n) is 6.13. The predicted molar refractivity (Wildman–Crippen MR) is 99.2 cm³/mol. The third-order valence-corrected chi connectivity index (χ3v) is 4.49. The molecule has 1 aliphatic rings. The molecule has 26 heavy (non-hydrogen) atoms. The Kier molecular flexibility index (Phi) is 5.49. The van der Waals surface area contributed by atoms with Crippen LogP contribution in [-0.2, 0) is 0 Å². The lowest BCUT2D eigenvalue weighted by Gasteiger charge is -2.29. The third-order valence-electron chi connectivity index (χ3n) is 4.49. The largest absolute Gasteiger partial charge is 0.493 e. The van der Waals surface area contributed by atoms with Gasteiger partial charge in [-0.05, 0) is 48.7 Å². The highest BCUT2D eigenvalue weighted by atomic mass is 16.5. The summed E-state index contributed by atoms with van der Waals surface area (Å²) in [7, 11) is 3.13. The minimum atomic E-state index is -0.226. The maximum atomic E-state index is 9.61. The van der Waals surface area contributed by atoms with E-state index < -0.39 is 0 Å². The van der Waals surface area contributed by atoms with E-state index in [4.69, 9.17) is 13.9 Å². The zero-order valence-corrected chi connectivity index (χ0v) is 14.9. The summed E-state index contributed by atoms with van der Waals surface area (Å²) < 4.78 is 16.4. The summed E-state index contributed by atoms with van der Waals surface area (Å²) >= 11 is 0. The molecule has 0 aliphatic carbocycles. The number of furan rings is 1. The molecule has 1 saturated heterocycles. The summed E-state index contributed by atoms with van der Waals surface area (Å²) in [6.07, 6.45) is 2.96. The highest BCUT2D eigenvalue weighted by Gasteiger charge is 2.19. The Bertz CT molecular complexity index is 827. The van der Waals surface area contributed by atoms with Gasteiger partial charge >= 0.3 is 0 Å². The van der Waals surface area contributed by atoms with E-state index in [9.17, 15) is 10.4 Å². The van der Waals surface area contributed by atoms with Gasteiger partial charge in [-0.25, -0.2) is 0 Å². The monoisotopic (exact) mass is 354 g/mol. The second-order valence-corrected chi connectivity index (χ2v) is 6.13. The summed E-state index contributed by atoms with van der Waals surface area (Å²) in [5.41, 5.74) is 1.20. The Balaban J connectivity index is 1.83. The molecule has 0 saturated carbocycles. The number of piperidine rings is 1. The van der Waals surface area contributed by atoms with Crippen LogP contribution >= 0.6 is 0 Å². The Morgan fingerprint density at radius 3 is 2.58 bits per heavy atom. The molecule has 0 bridgehead atoms. The average molecular weight is 354 g/mol. The van der Waals surface area contributed by atoms with Gasteiger partial charge in [-0.15, -0.1) is 0 Å². The maximum absolute atomic E-state index is 9.61. The van der Waals surface area contributed by atoms with Crippen LogP contribution in [0.15, 0.2) is 34.7 Å². The van der Waals surface area contributed by atoms with Crippen LogP contribution in [0.1, 0.15) is 24.2 Å². The van der Waals surface area contributed by atoms with E-state index in [0.29, 0.717) is 22.8 Å². The van der Waals surface area contributed by atoms with Crippen LogP contribution in [-0.4, -0.2) is 38.5 Å². The van der Waals surface area contributed by atoms with E-state index in [2.05, 4.69) is 11.0 Å². The Morgan fingerprint density at radius 1 is 1.19 bits per heavy atom. The summed E-state index contributed by atoms with van der Waals surface area (Å²) in [5.74, 6) is 2.55. The van der Waals surface area contributed by atoms with E-state index in [1.165, 1.54) is 0 Å². The van der Waals surface area contributed by atoms with Gasteiger partial charge in [0.1, 0.15) is 5.76 Å². The molecule has 1 aliphatic heterocycles. The Morgan fingerprint density at radius 2 is 1.92 bits per heavy atom. The van der Waals surface area contributed by atoms with Gasteiger partial charge in [-0.3, -0.25) is 0 Å². The first-order valence-corrected chi connectivity index (χ1v) is 8.51. The fraction of sp³-hybridized carbons (Fsp3) is 0.350. The van der Waals surface area contributed by atoms with Crippen molar-refractivity contribution in [1.82, 2.24) is 0 Å². The molecular weight excluding hydrogens is 332 g/mol. The van der Waals surface area contributed by atoms with Gasteiger partial charge in [0.05, 0.1) is 32.0 Å². The number of hydrogen-bond donors (Lipinski definition) is 1. The van der Waals surface area contributed by atoms with Gasteiger partial charge in [-0.2, -0.15) is 5.26 Å². The van der Waals surface area contributed by atoms with E-state index in [1.807, 2.05) is 18.2 Å². The van der Waals surface area contributed by atoms with E-state index >= 15 is 0 Å². The standard InChI is InChI=1S/C20H22N2O4/c1-24-18-5-3-14(12-19(18)25-2)15(13-21)11-17-4-6-20(26-17)22-9-7-16(23)8-10-22/h3-6,11-12,16,23H,7-10H2,1-2H3/b15-11+. The van der Waals surface area contributed by atoms with Crippen LogP contribution in [0, 0.1) is 11.3 Å². The van der Waals surface area contributed by atoms with Gasteiger partial charge in [0, 0.05) is 19.2 Å². The number of hydrogen-bond acceptors (Lipinski definition) is 6. The number of benzene rings is 1. The molecule has 6 heteroatoms. The van der Waals surface area contributed by atoms with Gasteiger partial charge in [-0.1, -0.05) is 0 Å². The summed E-state index contributed by atoms with van der Waals surface area (Å²) in [6.45, 7) is 1.53. The van der Waals surface area contributed by atoms with Crippen molar-refractivity contribution in [2.75, 3.05) is 32.2 Å². The highest BCUT2D eigenvalue weighted by Crippen LogP contribution is 2.31. The zero-order valence-electron chi connectivity index (χ0n) is 14.9. The number of rotatable bonds is 5. The molecule has 1 aromatic heterocycles. The smallest absolute Gasteiger partial charge is 0.196 e. The molecule has 0 spiro atoms. The Hall–Kier alpha value is -2.91. The number of nitriles is 1. The molecule has 1 N–H and O–H groups in total. The van der Waals surface area contributed by atoms with Crippen molar-refractivity contribution in [2.45, 2.75) is 18.9 Å². The van der Waals surface area contributed by atoms with Crippen LogP contribution in [0.4, 0.5) is 5.88 Å². The maximum Gasteiger partial charge on any atom is 0.196 e. The van der Waals surface area contributed by atoms with Crippen LogP contribution < -0.4 is 14.4 Å². The fourth-order valence-electron chi connectivity index (χ4n) is 3.00. The predicted octanol–water partition coefficient (Wildman–Crippen LogP) is 3.32. The fourth-order valence-corrected chi connectivity index (χ4v) is 3.00. The normalized spacial score (nSPS) is 15.6. The average Bonchev–Trinajstić information content (AvgIpc) is 3.14. The molecule has 3 rings (SSSR count). The van der Waals surface area contributed by atoms with Gasteiger partial charge < -0.3 is 23.9 Å². The van der Waals surface area contributed by atoms with E-state index in [-0.39, 0.29) is 6.10 Å². The summed E-state index contributed by atoms with van der Waals surface area (Å²) in [6, 6.07) is 11.3. The number of nitrogens with zero attached hydrogens (tertiary/aromatic N) is 2.